The van der Waals surface area contributed by atoms with Crippen LogP contribution >= 0.6 is 0 Å². The fraction of sp³-hybridized carbons (Fsp3) is 0.417. The highest BCUT2D eigenvalue weighted by atomic mass is 32.2. The molecular weight excluding hydrogens is 747 g/mol. The van der Waals surface area contributed by atoms with E-state index in [2.05, 4.69) is 10.6 Å². The molecule has 268 valence electrons. The highest BCUT2D eigenvalue weighted by Crippen LogP contribution is 2.37. The van der Waals surface area contributed by atoms with Gasteiger partial charge in [0, 0.05) is 25.2 Å². The molecule has 3 rings (SSSR count). The van der Waals surface area contributed by atoms with E-state index in [4.69, 9.17) is 0 Å². The zero-order valence-corrected chi connectivity index (χ0v) is 27.2. The Hall–Kier alpha value is -2.84. The molecule has 14 nitrogen and oxygen atoms in total. The predicted molar refractivity (Wildman–Crippen MR) is 158 cm³/mol. The van der Waals surface area contributed by atoms with Crippen molar-refractivity contribution in [3.8, 4) is 0 Å². The maximum Gasteiger partial charge on any atom is 0.416 e. The lowest BCUT2D eigenvalue weighted by molar-refractivity contribution is -0.143. The second-order valence-electron chi connectivity index (χ2n) is 10.1. The Morgan fingerprint density at radius 1 is 0.750 bits per heavy atom. The Morgan fingerprint density at radius 2 is 1.23 bits per heavy atom. The van der Waals surface area contributed by atoms with Crippen LogP contribution in [-0.4, -0.2) is 84.6 Å². The van der Waals surface area contributed by atoms with Crippen molar-refractivity contribution >= 4 is 61.9 Å². The Morgan fingerprint density at radius 3 is 1.65 bits per heavy atom. The topological polar surface area (TPSA) is 223 Å². The summed E-state index contributed by atoms with van der Waals surface area (Å²) in [4.78, 5) is 23.2. The van der Waals surface area contributed by atoms with Crippen molar-refractivity contribution in [3.63, 3.8) is 0 Å². The van der Waals surface area contributed by atoms with E-state index >= 15 is 0 Å². The van der Waals surface area contributed by atoms with Crippen LogP contribution in [0.1, 0.15) is 34.3 Å². The minimum Gasteiger partial charge on any atom is -0.352 e. The number of rotatable bonds is 11. The highest BCUT2D eigenvalue weighted by Gasteiger charge is 2.38. The number of alkyl halides is 6. The normalized spacial score (nSPS) is 17.3. The van der Waals surface area contributed by atoms with Crippen LogP contribution in [0.25, 0.3) is 0 Å². The van der Waals surface area contributed by atoms with Crippen LogP contribution in [0.2, 0.25) is 0 Å². The number of piperidine rings is 1. The van der Waals surface area contributed by atoms with Gasteiger partial charge >= 0.3 is 18.4 Å². The Bertz CT molecular complexity index is 1570. The lowest BCUT2D eigenvalue weighted by Crippen LogP contribution is -2.42. The number of hydrogen-bond donors (Lipinski definition) is 7. The first-order valence-electron chi connectivity index (χ1n) is 13.2. The summed E-state index contributed by atoms with van der Waals surface area (Å²) in [6.07, 6.45) is -9.32. The molecule has 0 radical (unpaired) electrons. The molecule has 0 bridgehead atoms. The Balaban J connectivity index is 1.57. The highest BCUT2D eigenvalue weighted by molar-refractivity contribution is 7.84. The predicted octanol–water partition coefficient (Wildman–Crippen LogP) is 3.31. The molecular formula is C24H26F6N4O10S4. The smallest absolute Gasteiger partial charge is 0.352 e. The van der Waals surface area contributed by atoms with Gasteiger partial charge in [-0.2, -0.15) is 26.3 Å². The number of carbonyl (C=O) groups is 2. The zero-order chi connectivity index (χ0) is 36.1. The second kappa shape index (κ2) is 16.2. The van der Waals surface area contributed by atoms with Gasteiger partial charge in [0.1, 0.15) is 9.79 Å². The molecule has 2 aromatic carbocycles. The van der Waals surface area contributed by atoms with Crippen LogP contribution < -0.4 is 16.0 Å². The monoisotopic (exact) mass is 772 g/mol. The van der Waals surface area contributed by atoms with Gasteiger partial charge in [-0.25, -0.2) is 21.6 Å². The summed E-state index contributed by atoms with van der Waals surface area (Å²) in [6.45, 7) is 0.906. The molecule has 2 aromatic rings. The molecule has 0 aromatic heterocycles. The van der Waals surface area contributed by atoms with Crippen molar-refractivity contribution in [1.29, 1.82) is 0 Å². The van der Waals surface area contributed by atoms with Crippen LogP contribution in [0.15, 0.2) is 43.8 Å². The van der Waals surface area contributed by atoms with Crippen LogP contribution in [0, 0.1) is 5.92 Å². The number of nitrogens with zero attached hydrogens (tertiary/aromatic N) is 1. The molecule has 1 saturated heterocycles. The van der Waals surface area contributed by atoms with Gasteiger partial charge in [0.25, 0.3) is 5.91 Å². The van der Waals surface area contributed by atoms with E-state index in [1.54, 1.807) is 0 Å². The van der Waals surface area contributed by atoms with Crippen molar-refractivity contribution in [3.05, 3.63) is 41.0 Å². The number of halogens is 6. The van der Waals surface area contributed by atoms with Gasteiger partial charge < -0.3 is 39.1 Å². The maximum absolute atomic E-state index is 13.1. The van der Waals surface area contributed by atoms with E-state index in [1.807, 2.05) is 10.2 Å². The van der Waals surface area contributed by atoms with Crippen molar-refractivity contribution in [2.75, 3.05) is 38.0 Å². The van der Waals surface area contributed by atoms with E-state index in [0.29, 0.717) is 44.1 Å². The molecule has 4 atom stereocenters. The van der Waals surface area contributed by atoms with Crippen molar-refractivity contribution in [2.45, 2.75) is 44.8 Å². The first-order chi connectivity index (χ1) is 22.2. The van der Waals surface area contributed by atoms with Crippen LogP contribution in [0.4, 0.5) is 36.8 Å². The summed E-state index contributed by atoms with van der Waals surface area (Å²) >= 11 is -12.3. The van der Waals surface area contributed by atoms with Gasteiger partial charge in [-0.05, 0) is 56.1 Å². The third-order valence-corrected chi connectivity index (χ3v) is 10.2. The quantitative estimate of drug-likeness (QED) is 0.130. The van der Waals surface area contributed by atoms with Gasteiger partial charge in [-0.3, -0.25) is 4.79 Å². The maximum atomic E-state index is 13.1. The molecule has 7 N–H and O–H groups in total. The average molecular weight is 773 g/mol. The lowest BCUT2D eigenvalue weighted by atomic mass is 9.96. The van der Waals surface area contributed by atoms with Crippen LogP contribution in [0.5, 0.6) is 0 Å². The molecule has 4 unspecified atom stereocenters. The van der Waals surface area contributed by atoms with Gasteiger partial charge in [-0.15, -0.1) is 0 Å². The number of anilines is 1. The van der Waals surface area contributed by atoms with Crippen LogP contribution in [0.3, 0.4) is 0 Å². The minimum absolute atomic E-state index is 0.0354. The van der Waals surface area contributed by atoms with Gasteiger partial charge in [0.05, 0.1) is 26.6 Å². The van der Waals surface area contributed by atoms with Gasteiger partial charge in [-0.1, -0.05) is 0 Å². The van der Waals surface area contributed by atoms with Gasteiger partial charge in [0.2, 0.25) is 0 Å². The summed E-state index contributed by atoms with van der Waals surface area (Å²) in [6, 6.07) is -0.0265. The van der Waals surface area contributed by atoms with Gasteiger partial charge in [0.15, 0.2) is 44.3 Å². The number of likely N-dealkylation sites (tertiary alicyclic amines) is 1. The number of hydrogen-bond acceptors (Lipinski definition) is 7. The third-order valence-electron chi connectivity index (χ3n) is 6.95. The van der Waals surface area contributed by atoms with Crippen molar-refractivity contribution < 1.29 is 71.0 Å². The molecule has 1 aliphatic heterocycles. The van der Waals surface area contributed by atoms with E-state index in [9.17, 15) is 71.0 Å². The molecule has 0 aliphatic carbocycles. The fourth-order valence-corrected chi connectivity index (χ4v) is 7.71. The van der Waals surface area contributed by atoms with Crippen LogP contribution in [-0.2, 0) is 56.7 Å². The van der Waals surface area contributed by atoms with E-state index < -0.39 is 111 Å². The largest absolute Gasteiger partial charge is 0.416 e. The molecule has 1 aliphatic rings. The minimum atomic E-state index is -5.11. The summed E-state index contributed by atoms with van der Waals surface area (Å²) in [5.74, 6) is -1.29. The van der Waals surface area contributed by atoms with E-state index in [1.165, 1.54) is 0 Å². The summed E-state index contributed by atoms with van der Waals surface area (Å²) < 4.78 is 164. The molecule has 0 spiro atoms. The summed E-state index contributed by atoms with van der Waals surface area (Å²) in [7, 11) is 0. The van der Waals surface area contributed by atoms with Crippen molar-refractivity contribution in [1.82, 2.24) is 15.5 Å². The third kappa shape index (κ3) is 10.3. The Labute approximate surface area is 277 Å². The molecule has 24 heteroatoms. The SMILES string of the molecule is O=C(NCCN1CCC(CNC(=O)c2cc(C(F)(F)F)cc(C(F)(F)F)c2)CC1)Nc1c(S(=O)O)c(S(=O)O)cc(S(=O)O)c1S(=O)O. The second-order valence-corrected chi connectivity index (χ2v) is 13.8. The Kier molecular flexibility index (Phi) is 13.4. The number of carbonyl (C=O) groups excluding carboxylic acids is 2. The molecule has 3 amide bonds. The molecule has 1 heterocycles. The molecule has 0 saturated carbocycles. The first kappa shape index (κ1) is 39.6. The average Bonchev–Trinajstić information content (AvgIpc) is 2.98. The number of nitrogens with one attached hydrogen (secondary N) is 3. The zero-order valence-electron chi connectivity index (χ0n) is 23.9. The summed E-state index contributed by atoms with van der Waals surface area (Å²) in [5, 5.41) is 6.73. The number of amides is 3. The molecule has 48 heavy (non-hydrogen) atoms. The number of urea groups is 1. The van der Waals surface area contributed by atoms with E-state index in [0.717, 1.165) is 0 Å². The van der Waals surface area contributed by atoms with E-state index in [-0.39, 0.29) is 31.6 Å². The summed E-state index contributed by atoms with van der Waals surface area (Å²) in [5.41, 5.74) is -4.95. The number of benzene rings is 2. The first-order valence-corrected chi connectivity index (χ1v) is 17.6. The molecule has 1 fully saturated rings. The standard InChI is InChI=1S/C24H26F6N4O10S4/c25-23(26,27)14-7-13(8-15(9-14)24(28,29)30)21(35)32-11-12-1-4-34(5-2-12)6-3-31-22(36)33-18-19(47(41)42)16(45(37)38)10-17(46(39)40)20(18)48(43)44/h7-10,12H,1-6,11H2,(H,32,35)(H,37,38)(H,39,40)(H,41,42)(H,43,44)(H2,31,33,36). The lowest BCUT2D eigenvalue weighted by Gasteiger charge is -2.32. The van der Waals surface area contributed by atoms with Crippen molar-refractivity contribution in [2.24, 2.45) is 5.92 Å². The fourth-order valence-electron chi connectivity index (χ4n) is 4.64.